The van der Waals surface area contributed by atoms with Crippen molar-refractivity contribution in [2.75, 3.05) is 17.9 Å². The van der Waals surface area contributed by atoms with E-state index in [4.69, 9.17) is 9.47 Å². The Morgan fingerprint density at radius 1 is 1.31 bits per heavy atom. The fraction of sp³-hybridized carbons (Fsp3) is 0.500. The first-order chi connectivity index (χ1) is 7.81. The van der Waals surface area contributed by atoms with Crippen LogP contribution < -0.4 is 14.8 Å². The number of fused-ring (bicyclic) bond motifs is 1. The van der Waals surface area contributed by atoms with E-state index in [1.54, 1.807) is 0 Å². The molecule has 1 N–H and O–H groups in total. The standard InChI is InChI=1S/C12H15NO2S/c1-8-4-10(6-16-8)13-9-2-3-11-12(5-9)15-7-14-11/h2-3,5,8,10,13H,4,6-7H2,1H3. The summed E-state index contributed by atoms with van der Waals surface area (Å²) in [6.07, 6.45) is 1.24. The summed E-state index contributed by atoms with van der Waals surface area (Å²) >= 11 is 2.03. The lowest BCUT2D eigenvalue weighted by Gasteiger charge is -2.13. The van der Waals surface area contributed by atoms with Crippen molar-refractivity contribution < 1.29 is 9.47 Å². The fourth-order valence-corrected chi connectivity index (χ4v) is 3.29. The van der Waals surface area contributed by atoms with Gasteiger partial charge in [-0.15, -0.1) is 0 Å². The van der Waals surface area contributed by atoms with Crippen LogP contribution in [-0.4, -0.2) is 23.8 Å². The molecule has 86 valence electrons. The van der Waals surface area contributed by atoms with Gasteiger partial charge in [0.05, 0.1) is 0 Å². The van der Waals surface area contributed by atoms with Crippen LogP contribution in [0.15, 0.2) is 18.2 Å². The highest BCUT2D eigenvalue weighted by Gasteiger charge is 2.22. The van der Waals surface area contributed by atoms with Gasteiger partial charge in [0, 0.05) is 28.8 Å². The third-order valence-electron chi connectivity index (χ3n) is 2.94. The van der Waals surface area contributed by atoms with Crippen molar-refractivity contribution in [1.82, 2.24) is 0 Å². The largest absolute Gasteiger partial charge is 0.454 e. The molecule has 0 saturated carbocycles. The Kier molecular flexibility index (Phi) is 2.59. The highest BCUT2D eigenvalue weighted by molar-refractivity contribution is 8.00. The van der Waals surface area contributed by atoms with Gasteiger partial charge in [0.25, 0.3) is 0 Å². The number of nitrogens with one attached hydrogen (secondary N) is 1. The van der Waals surface area contributed by atoms with E-state index in [9.17, 15) is 0 Å². The van der Waals surface area contributed by atoms with Crippen LogP contribution in [0.2, 0.25) is 0 Å². The SMILES string of the molecule is CC1CC(Nc2ccc3c(c2)OCO3)CS1. The minimum Gasteiger partial charge on any atom is -0.454 e. The number of benzene rings is 1. The van der Waals surface area contributed by atoms with Crippen molar-refractivity contribution in [1.29, 1.82) is 0 Å². The van der Waals surface area contributed by atoms with Gasteiger partial charge in [-0.05, 0) is 18.6 Å². The molecule has 0 amide bonds. The van der Waals surface area contributed by atoms with Gasteiger partial charge in [0.15, 0.2) is 11.5 Å². The zero-order chi connectivity index (χ0) is 11.0. The lowest BCUT2D eigenvalue weighted by atomic mass is 10.2. The maximum absolute atomic E-state index is 5.36. The molecule has 0 aromatic heterocycles. The zero-order valence-corrected chi connectivity index (χ0v) is 10.0. The van der Waals surface area contributed by atoms with Crippen LogP contribution in [0.3, 0.4) is 0 Å². The molecular formula is C12H15NO2S. The first kappa shape index (κ1) is 10.1. The second kappa shape index (κ2) is 4.09. The van der Waals surface area contributed by atoms with Gasteiger partial charge in [0.2, 0.25) is 6.79 Å². The van der Waals surface area contributed by atoms with E-state index < -0.39 is 0 Å². The average Bonchev–Trinajstić information content (AvgIpc) is 2.87. The van der Waals surface area contributed by atoms with Gasteiger partial charge in [-0.3, -0.25) is 0 Å². The van der Waals surface area contributed by atoms with E-state index in [1.807, 2.05) is 23.9 Å². The maximum Gasteiger partial charge on any atom is 0.231 e. The molecule has 3 nitrogen and oxygen atoms in total. The molecule has 2 unspecified atom stereocenters. The van der Waals surface area contributed by atoms with E-state index in [0.717, 1.165) is 22.4 Å². The third-order valence-corrected chi connectivity index (χ3v) is 4.30. The quantitative estimate of drug-likeness (QED) is 0.856. The van der Waals surface area contributed by atoms with Gasteiger partial charge in [-0.25, -0.2) is 0 Å². The Hall–Kier alpha value is -1.03. The molecule has 0 radical (unpaired) electrons. The molecule has 1 aromatic carbocycles. The molecule has 2 aliphatic heterocycles. The van der Waals surface area contributed by atoms with Gasteiger partial charge >= 0.3 is 0 Å². The zero-order valence-electron chi connectivity index (χ0n) is 9.23. The highest BCUT2D eigenvalue weighted by atomic mass is 32.2. The minimum absolute atomic E-state index is 0.342. The molecule has 1 aromatic rings. The van der Waals surface area contributed by atoms with Crippen molar-refractivity contribution in [2.24, 2.45) is 0 Å². The predicted molar refractivity (Wildman–Crippen MR) is 66.5 cm³/mol. The molecular weight excluding hydrogens is 222 g/mol. The van der Waals surface area contributed by atoms with E-state index in [-0.39, 0.29) is 0 Å². The van der Waals surface area contributed by atoms with Gasteiger partial charge in [-0.1, -0.05) is 6.92 Å². The fourth-order valence-electron chi connectivity index (χ4n) is 2.14. The van der Waals surface area contributed by atoms with Crippen LogP contribution >= 0.6 is 11.8 Å². The molecule has 1 fully saturated rings. The van der Waals surface area contributed by atoms with Crippen LogP contribution in [0.5, 0.6) is 11.5 Å². The first-order valence-corrected chi connectivity index (χ1v) is 6.64. The molecule has 16 heavy (non-hydrogen) atoms. The van der Waals surface area contributed by atoms with Crippen molar-refractivity contribution in [3.05, 3.63) is 18.2 Å². The van der Waals surface area contributed by atoms with Gasteiger partial charge < -0.3 is 14.8 Å². The second-order valence-corrected chi connectivity index (χ2v) is 5.76. The Balaban J connectivity index is 1.71. The molecule has 2 aliphatic rings. The van der Waals surface area contributed by atoms with Crippen LogP contribution in [0.25, 0.3) is 0 Å². The van der Waals surface area contributed by atoms with Crippen LogP contribution in [-0.2, 0) is 0 Å². The molecule has 0 aliphatic carbocycles. The molecule has 1 saturated heterocycles. The summed E-state index contributed by atoms with van der Waals surface area (Å²) in [5.41, 5.74) is 1.13. The number of ether oxygens (including phenoxy) is 2. The van der Waals surface area contributed by atoms with Gasteiger partial charge in [-0.2, -0.15) is 11.8 Å². The summed E-state index contributed by atoms with van der Waals surface area (Å²) in [7, 11) is 0. The second-order valence-electron chi connectivity index (χ2n) is 4.29. The number of thioether (sulfide) groups is 1. The van der Waals surface area contributed by atoms with Crippen LogP contribution in [0, 0.1) is 0 Å². The Bertz CT molecular complexity index is 397. The summed E-state index contributed by atoms with van der Waals surface area (Å²) in [5, 5.41) is 4.31. The number of hydrogen-bond acceptors (Lipinski definition) is 4. The van der Waals surface area contributed by atoms with Crippen LogP contribution in [0.1, 0.15) is 13.3 Å². The van der Waals surface area contributed by atoms with E-state index in [2.05, 4.69) is 18.3 Å². The normalized spacial score (nSPS) is 27.1. The van der Waals surface area contributed by atoms with Crippen molar-refractivity contribution in [3.63, 3.8) is 0 Å². The summed E-state index contributed by atoms with van der Waals surface area (Å²) in [6.45, 7) is 2.63. The maximum atomic E-state index is 5.36. The minimum atomic E-state index is 0.342. The lowest BCUT2D eigenvalue weighted by Crippen LogP contribution is -2.18. The lowest BCUT2D eigenvalue weighted by molar-refractivity contribution is 0.174. The van der Waals surface area contributed by atoms with Gasteiger partial charge in [0.1, 0.15) is 0 Å². The monoisotopic (exact) mass is 237 g/mol. The van der Waals surface area contributed by atoms with Crippen molar-refractivity contribution >= 4 is 17.4 Å². The Morgan fingerprint density at radius 3 is 3.00 bits per heavy atom. The van der Waals surface area contributed by atoms with E-state index in [0.29, 0.717) is 12.8 Å². The average molecular weight is 237 g/mol. The topological polar surface area (TPSA) is 30.5 Å². The summed E-state index contributed by atoms with van der Waals surface area (Å²) in [5.74, 6) is 2.89. The van der Waals surface area contributed by atoms with Crippen molar-refractivity contribution in [3.8, 4) is 11.5 Å². The number of anilines is 1. The van der Waals surface area contributed by atoms with Crippen molar-refractivity contribution in [2.45, 2.75) is 24.6 Å². The highest BCUT2D eigenvalue weighted by Crippen LogP contribution is 2.35. The molecule has 3 rings (SSSR count). The summed E-state index contributed by atoms with van der Waals surface area (Å²) < 4.78 is 10.6. The van der Waals surface area contributed by atoms with E-state index in [1.165, 1.54) is 12.2 Å². The Morgan fingerprint density at radius 2 is 2.19 bits per heavy atom. The molecule has 4 heteroatoms. The molecule has 2 atom stereocenters. The summed E-state index contributed by atoms with van der Waals surface area (Å²) in [6, 6.07) is 6.63. The van der Waals surface area contributed by atoms with E-state index >= 15 is 0 Å². The van der Waals surface area contributed by atoms with Crippen LogP contribution in [0.4, 0.5) is 5.69 Å². The molecule has 2 heterocycles. The first-order valence-electron chi connectivity index (χ1n) is 5.59. The number of hydrogen-bond donors (Lipinski definition) is 1. The smallest absolute Gasteiger partial charge is 0.231 e. The molecule has 0 bridgehead atoms. The third kappa shape index (κ3) is 1.94. The number of rotatable bonds is 2. The predicted octanol–water partition coefficient (Wildman–Crippen LogP) is 2.72. The Labute approximate surface area is 99.5 Å². The molecule has 0 spiro atoms. The summed E-state index contributed by atoms with van der Waals surface area (Å²) in [4.78, 5) is 0.